The van der Waals surface area contributed by atoms with Gasteiger partial charge in [0, 0.05) is 4.43 Å². The molecule has 0 N–H and O–H groups in total. The Balaban J connectivity index is 2.84. The first-order valence-electron chi connectivity index (χ1n) is 6.93. The second-order valence-electron chi connectivity index (χ2n) is 4.49. The fourth-order valence-electron chi connectivity index (χ4n) is 1.87. The molecule has 0 fully saturated rings. The van der Waals surface area contributed by atoms with Crippen molar-refractivity contribution in [2.75, 3.05) is 11.5 Å². The van der Waals surface area contributed by atoms with Crippen LogP contribution in [-0.2, 0) is 11.2 Å². The zero-order valence-electron chi connectivity index (χ0n) is 12.3. The first-order valence-corrected chi connectivity index (χ1v) is 8.46. The molecule has 0 aromatic heterocycles. The standard InChI is InChI=1S/C18H21IO2/c1-3-17(20)11-9-15-10-12-18(21-2)14-16(15)8-6-4-5-7-13-19/h3-5,9-12,14H,1,6-8,13H2,2H3/b5-4-,11-9+. The third-order valence-electron chi connectivity index (χ3n) is 3.00. The Kier molecular flexibility index (Phi) is 8.74. The van der Waals surface area contributed by atoms with Crippen LogP contribution in [0.4, 0.5) is 0 Å². The molecule has 2 nitrogen and oxygen atoms in total. The molecule has 0 saturated heterocycles. The van der Waals surface area contributed by atoms with Crippen LogP contribution in [0.1, 0.15) is 24.0 Å². The molecule has 112 valence electrons. The molecule has 0 amide bonds. The Morgan fingerprint density at radius 1 is 1.33 bits per heavy atom. The summed E-state index contributed by atoms with van der Waals surface area (Å²) >= 11 is 2.37. The molecule has 0 aliphatic carbocycles. The summed E-state index contributed by atoms with van der Waals surface area (Å²) in [6.07, 6.45) is 12.1. The molecular weight excluding hydrogens is 375 g/mol. The lowest BCUT2D eigenvalue weighted by molar-refractivity contribution is -0.110. The van der Waals surface area contributed by atoms with Gasteiger partial charge in [-0.3, -0.25) is 4.79 Å². The molecule has 3 heteroatoms. The van der Waals surface area contributed by atoms with Gasteiger partial charge in [0.05, 0.1) is 7.11 Å². The van der Waals surface area contributed by atoms with Crippen LogP contribution in [0, 0.1) is 0 Å². The highest BCUT2D eigenvalue weighted by atomic mass is 127. The summed E-state index contributed by atoms with van der Waals surface area (Å²) in [5.41, 5.74) is 2.23. The van der Waals surface area contributed by atoms with Crippen molar-refractivity contribution in [3.8, 4) is 5.75 Å². The maximum absolute atomic E-state index is 11.3. The van der Waals surface area contributed by atoms with E-state index in [1.165, 1.54) is 11.6 Å². The maximum Gasteiger partial charge on any atom is 0.178 e. The highest BCUT2D eigenvalue weighted by Crippen LogP contribution is 2.20. The second kappa shape index (κ2) is 10.4. The summed E-state index contributed by atoms with van der Waals surface area (Å²) < 4.78 is 6.42. The third-order valence-corrected chi connectivity index (χ3v) is 3.62. The number of methoxy groups -OCH3 is 1. The Hall–Kier alpha value is -1.36. The average molecular weight is 396 g/mol. The van der Waals surface area contributed by atoms with Crippen molar-refractivity contribution in [2.45, 2.75) is 19.3 Å². The quantitative estimate of drug-likeness (QED) is 0.260. The molecule has 21 heavy (non-hydrogen) atoms. The number of carbonyl (C=O) groups excluding carboxylic acids is 1. The van der Waals surface area contributed by atoms with Crippen LogP contribution in [-0.4, -0.2) is 17.3 Å². The molecule has 0 saturated carbocycles. The second-order valence-corrected chi connectivity index (χ2v) is 5.57. The van der Waals surface area contributed by atoms with E-state index in [9.17, 15) is 4.79 Å². The van der Waals surface area contributed by atoms with E-state index in [0.717, 1.165) is 35.0 Å². The van der Waals surface area contributed by atoms with E-state index >= 15 is 0 Å². The molecule has 0 radical (unpaired) electrons. The number of hydrogen-bond acceptors (Lipinski definition) is 2. The van der Waals surface area contributed by atoms with E-state index < -0.39 is 0 Å². The number of hydrogen-bond donors (Lipinski definition) is 0. The van der Waals surface area contributed by atoms with Crippen molar-refractivity contribution >= 4 is 34.5 Å². The van der Waals surface area contributed by atoms with Crippen LogP contribution in [0.2, 0.25) is 0 Å². The first-order chi connectivity index (χ1) is 10.2. The van der Waals surface area contributed by atoms with E-state index in [-0.39, 0.29) is 5.78 Å². The van der Waals surface area contributed by atoms with Gasteiger partial charge in [-0.1, -0.05) is 53.5 Å². The Morgan fingerprint density at radius 2 is 2.10 bits per heavy atom. The first kappa shape index (κ1) is 17.7. The van der Waals surface area contributed by atoms with Gasteiger partial charge in [-0.2, -0.15) is 0 Å². The van der Waals surface area contributed by atoms with E-state index in [1.54, 1.807) is 13.2 Å². The van der Waals surface area contributed by atoms with Crippen LogP contribution >= 0.6 is 22.6 Å². The number of carbonyl (C=O) groups is 1. The van der Waals surface area contributed by atoms with Gasteiger partial charge in [0.2, 0.25) is 0 Å². The molecule has 0 aliphatic heterocycles. The number of benzene rings is 1. The van der Waals surface area contributed by atoms with Crippen molar-refractivity contribution in [1.82, 2.24) is 0 Å². The number of halogens is 1. The number of rotatable bonds is 9. The zero-order valence-corrected chi connectivity index (χ0v) is 14.5. The Labute approximate surface area is 140 Å². The summed E-state index contributed by atoms with van der Waals surface area (Å²) in [6.45, 7) is 3.47. The van der Waals surface area contributed by atoms with Crippen molar-refractivity contribution in [3.63, 3.8) is 0 Å². The smallest absolute Gasteiger partial charge is 0.178 e. The SMILES string of the molecule is C=CC(=O)/C=C/c1ccc(OC)cc1CC/C=C\CCI. The summed E-state index contributed by atoms with van der Waals surface area (Å²) in [7, 11) is 1.66. The third kappa shape index (κ3) is 6.76. The molecule has 0 atom stereocenters. The van der Waals surface area contributed by atoms with E-state index in [4.69, 9.17) is 4.74 Å². The van der Waals surface area contributed by atoms with Gasteiger partial charge in [-0.05, 0) is 54.7 Å². The number of alkyl halides is 1. The molecule has 0 unspecified atom stereocenters. The molecule has 1 rings (SSSR count). The van der Waals surface area contributed by atoms with Crippen LogP contribution in [0.25, 0.3) is 6.08 Å². The molecule has 0 aliphatic rings. The van der Waals surface area contributed by atoms with Gasteiger partial charge in [0.1, 0.15) is 5.75 Å². The minimum Gasteiger partial charge on any atom is -0.497 e. The molecule has 1 aromatic rings. The van der Waals surface area contributed by atoms with Crippen molar-refractivity contribution in [1.29, 1.82) is 0 Å². The summed E-state index contributed by atoms with van der Waals surface area (Å²) in [4.78, 5) is 11.3. The number of ketones is 1. The maximum atomic E-state index is 11.3. The Morgan fingerprint density at radius 3 is 2.76 bits per heavy atom. The van der Waals surface area contributed by atoms with Gasteiger partial charge in [0.15, 0.2) is 5.78 Å². The summed E-state index contributed by atoms with van der Waals surface area (Å²) in [6, 6.07) is 5.92. The van der Waals surface area contributed by atoms with Crippen LogP contribution in [0.5, 0.6) is 5.75 Å². The molecular formula is C18H21IO2. The average Bonchev–Trinajstić information content (AvgIpc) is 2.52. The highest BCUT2D eigenvalue weighted by Gasteiger charge is 2.02. The highest BCUT2D eigenvalue weighted by molar-refractivity contribution is 14.1. The number of aryl methyl sites for hydroxylation is 1. The van der Waals surface area contributed by atoms with Crippen LogP contribution < -0.4 is 4.74 Å². The minimum atomic E-state index is -0.0845. The Bertz CT molecular complexity index is 530. The van der Waals surface area contributed by atoms with E-state index in [2.05, 4.69) is 41.3 Å². The zero-order chi connectivity index (χ0) is 15.5. The normalized spacial score (nSPS) is 11.1. The fraction of sp³-hybridized carbons (Fsp3) is 0.278. The van der Waals surface area contributed by atoms with Gasteiger partial charge in [0.25, 0.3) is 0 Å². The molecule has 0 heterocycles. The molecule has 1 aromatic carbocycles. The van der Waals surface area contributed by atoms with Crippen molar-refractivity contribution in [2.24, 2.45) is 0 Å². The van der Waals surface area contributed by atoms with Crippen LogP contribution in [0.3, 0.4) is 0 Å². The van der Waals surface area contributed by atoms with Crippen LogP contribution in [0.15, 0.2) is 49.1 Å². The predicted octanol–water partition coefficient (Wildman–Crippen LogP) is 4.78. The van der Waals surface area contributed by atoms with Gasteiger partial charge < -0.3 is 4.74 Å². The lowest BCUT2D eigenvalue weighted by Crippen LogP contribution is -1.92. The lowest BCUT2D eigenvalue weighted by atomic mass is 10.0. The number of ether oxygens (including phenoxy) is 1. The van der Waals surface area contributed by atoms with Crippen molar-refractivity contribution < 1.29 is 9.53 Å². The molecule has 0 spiro atoms. The summed E-state index contributed by atoms with van der Waals surface area (Å²) in [5, 5.41) is 0. The van der Waals surface area contributed by atoms with E-state index in [0.29, 0.717) is 0 Å². The van der Waals surface area contributed by atoms with Gasteiger partial charge in [-0.25, -0.2) is 0 Å². The van der Waals surface area contributed by atoms with E-state index in [1.807, 2.05) is 24.3 Å². The number of allylic oxidation sites excluding steroid dienone is 4. The lowest BCUT2D eigenvalue weighted by Gasteiger charge is -2.08. The predicted molar refractivity (Wildman–Crippen MR) is 98.2 cm³/mol. The fourth-order valence-corrected chi connectivity index (χ4v) is 2.23. The summed E-state index contributed by atoms with van der Waals surface area (Å²) in [5.74, 6) is 0.757. The topological polar surface area (TPSA) is 26.3 Å². The van der Waals surface area contributed by atoms with Gasteiger partial charge in [-0.15, -0.1) is 0 Å². The molecule has 0 bridgehead atoms. The largest absolute Gasteiger partial charge is 0.497 e. The minimum absolute atomic E-state index is 0.0845. The monoisotopic (exact) mass is 396 g/mol. The van der Waals surface area contributed by atoms with Gasteiger partial charge >= 0.3 is 0 Å². The van der Waals surface area contributed by atoms with Crippen molar-refractivity contribution in [3.05, 3.63) is 60.2 Å².